The standard InChI is InChI=1S/C14H19N3O/c1-2-3-9-18-10-8-15-14-12-6-4-5-7-13(12)16-11-17-14/h4-7,11H,2-3,8-10H2,1H3,(H,15,16,17). The number of para-hydroxylation sites is 1. The Hall–Kier alpha value is -1.68. The van der Waals surface area contributed by atoms with E-state index in [2.05, 4.69) is 22.2 Å². The van der Waals surface area contributed by atoms with Gasteiger partial charge in [0.1, 0.15) is 12.1 Å². The fourth-order valence-electron chi connectivity index (χ4n) is 1.74. The Morgan fingerprint density at radius 3 is 2.94 bits per heavy atom. The molecule has 1 aromatic heterocycles. The predicted octanol–water partition coefficient (Wildman–Crippen LogP) is 2.86. The van der Waals surface area contributed by atoms with E-state index in [1.165, 1.54) is 6.42 Å². The van der Waals surface area contributed by atoms with E-state index in [1.807, 2.05) is 24.3 Å². The smallest absolute Gasteiger partial charge is 0.137 e. The van der Waals surface area contributed by atoms with Gasteiger partial charge in [0, 0.05) is 18.5 Å². The van der Waals surface area contributed by atoms with Crippen molar-refractivity contribution in [1.82, 2.24) is 9.97 Å². The Balaban J connectivity index is 1.88. The second-order valence-electron chi connectivity index (χ2n) is 4.13. The zero-order valence-corrected chi connectivity index (χ0v) is 10.7. The van der Waals surface area contributed by atoms with Gasteiger partial charge in [-0.05, 0) is 18.6 Å². The monoisotopic (exact) mass is 245 g/mol. The van der Waals surface area contributed by atoms with Gasteiger partial charge in [0.2, 0.25) is 0 Å². The number of aromatic nitrogens is 2. The molecule has 0 spiro atoms. The molecule has 96 valence electrons. The molecule has 0 atom stereocenters. The van der Waals surface area contributed by atoms with Gasteiger partial charge in [-0.15, -0.1) is 0 Å². The molecular formula is C14H19N3O. The summed E-state index contributed by atoms with van der Waals surface area (Å²) in [6.07, 6.45) is 3.88. The summed E-state index contributed by atoms with van der Waals surface area (Å²) >= 11 is 0. The van der Waals surface area contributed by atoms with Gasteiger partial charge in [-0.25, -0.2) is 9.97 Å². The van der Waals surface area contributed by atoms with Gasteiger partial charge in [-0.1, -0.05) is 25.5 Å². The van der Waals surface area contributed by atoms with Crippen molar-refractivity contribution in [2.45, 2.75) is 19.8 Å². The van der Waals surface area contributed by atoms with Crippen LogP contribution in [0.5, 0.6) is 0 Å². The highest BCUT2D eigenvalue weighted by Crippen LogP contribution is 2.17. The number of unbranched alkanes of at least 4 members (excludes halogenated alkanes) is 1. The summed E-state index contributed by atoms with van der Waals surface area (Å²) in [4.78, 5) is 8.49. The van der Waals surface area contributed by atoms with Gasteiger partial charge in [0.25, 0.3) is 0 Å². The number of hydrogen-bond acceptors (Lipinski definition) is 4. The quantitative estimate of drug-likeness (QED) is 0.762. The lowest BCUT2D eigenvalue weighted by atomic mass is 10.2. The first-order valence-corrected chi connectivity index (χ1v) is 6.43. The van der Waals surface area contributed by atoms with Gasteiger partial charge in [0.15, 0.2) is 0 Å². The number of ether oxygens (including phenoxy) is 1. The van der Waals surface area contributed by atoms with Crippen LogP contribution in [0.4, 0.5) is 5.82 Å². The zero-order chi connectivity index (χ0) is 12.6. The van der Waals surface area contributed by atoms with E-state index in [0.717, 1.165) is 36.3 Å². The Bertz CT molecular complexity index is 482. The van der Waals surface area contributed by atoms with E-state index in [0.29, 0.717) is 6.61 Å². The molecule has 0 unspecified atom stereocenters. The number of anilines is 1. The van der Waals surface area contributed by atoms with Crippen molar-refractivity contribution >= 4 is 16.7 Å². The molecule has 0 aliphatic carbocycles. The fraction of sp³-hybridized carbons (Fsp3) is 0.429. The molecule has 0 aliphatic heterocycles. The molecule has 0 aliphatic rings. The molecule has 4 nitrogen and oxygen atoms in total. The van der Waals surface area contributed by atoms with Crippen LogP contribution in [-0.4, -0.2) is 29.7 Å². The van der Waals surface area contributed by atoms with Crippen molar-refractivity contribution in [3.05, 3.63) is 30.6 Å². The maximum Gasteiger partial charge on any atom is 0.137 e. The summed E-state index contributed by atoms with van der Waals surface area (Å²) < 4.78 is 5.50. The maximum atomic E-state index is 5.50. The number of nitrogens with one attached hydrogen (secondary N) is 1. The third kappa shape index (κ3) is 3.40. The van der Waals surface area contributed by atoms with E-state index >= 15 is 0 Å². The number of rotatable bonds is 7. The Morgan fingerprint density at radius 1 is 1.17 bits per heavy atom. The largest absolute Gasteiger partial charge is 0.380 e. The van der Waals surface area contributed by atoms with Crippen LogP contribution in [-0.2, 0) is 4.74 Å². The second-order valence-corrected chi connectivity index (χ2v) is 4.13. The second kappa shape index (κ2) is 6.91. The highest BCUT2D eigenvalue weighted by molar-refractivity contribution is 5.88. The van der Waals surface area contributed by atoms with Gasteiger partial charge in [-0.3, -0.25) is 0 Å². The SMILES string of the molecule is CCCCOCCNc1ncnc2ccccc12. The molecule has 0 radical (unpaired) electrons. The molecule has 0 bridgehead atoms. The van der Waals surface area contributed by atoms with Crippen LogP contribution in [0.25, 0.3) is 10.9 Å². The highest BCUT2D eigenvalue weighted by atomic mass is 16.5. The van der Waals surface area contributed by atoms with E-state index in [-0.39, 0.29) is 0 Å². The van der Waals surface area contributed by atoms with Crippen LogP contribution in [0.1, 0.15) is 19.8 Å². The minimum atomic E-state index is 0.707. The molecular weight excluding hydrogens is 226 g/mol. The van der Waals surface area contributed by atoms with E-state index in [4.69, 9.17) is 4.74 Å². The van der Waals surface area contributed by atoms with Gasteiger partial charge < -0.3 is 10.1 Å². The van der Waals surface area contributed by atoms with Crippen molar-refractivity contribution in [3.8, 4) is 0 Å². The van der Waals surface area contributed by atoms with E-state index in [9.17, 15) is 0 Å². The van der Waals surface area contributed by atoms with Gasteiger partial charge in [0.05, 0.1) is 12.1 Å². The summed E-state index contributed by atoms with van der Waals surface area (Å²) in [5, 5.41) is 4.34. The van der Waals surface area contributed by atoms with Crippen LogP contribution in [0.2, 0.25) is 0 Å². The minimum Gasteiger partial charge on any atom is -0.380 e. The Morgan fingerprint density at radius 2 is 2.06 bits per heavy atom. The van der Waals surface area contributed by atoms with Crippen LogP contribution in [0.3, 0.4) is 0 Å². The topological polar surface area (TPSA) is 47.0 Å². The summed E-state index contributed by atoms with van der Waals surface area (Å²) in [5.74, 6) is 0.875. The number of nitrogens with zero attached hydrogens (tertiary/aromatic N) is 2. The van der Waals surface area contributed by atoms with Crippen molar-refractivity contribution < 1.29 is 4.74 Å². The number of fused-ring (bicyclic) bond motifs is 1. The lowest BCUT2D eigenvalue weighted by Crippen LogP contribution is -2.11. The Kier molecular flexibility index (Phi) is 4.90. The van der Waals surface area contributed by atoms with Crippen LogP contribution >= 0.6 is 0 Å². The van der Waals surface area contributed by atoms with E-state index in [1.54, 1.807) is 6.33 Å². The van der Waals surface area contributed by atoms with Crippen LogP contribution < -0.4 is 5.32 Å². The highest BCUT2D eigenvalue weighted by Gasteiger charge is 2.01. The summed E-state index contributed by atoms with van der Waals surface area (Å²) in [6.45, 7) is 4.47. The summed E-state index contributed by atoms with van der Waals surface area (Å²) in [6, 6.07) is 7.98. The lowest BCUT2D eigenvalue weighted by molar-refractivity contribution is 0.141. The normalized spacial score (nSPS) is 10.7. The molecule has 1 heterocycles. The number of hydrogen-bond donors (Lipinski definition) is 1. The van der Waals surface area contributed by atoms with Crippen molar-refractivity contribution in [3.63, 3.8) is 0 Å². The zero-order valence-electron chi connectivity index (χ0n) is 10.7. The minimum absolute atomic E-state index is 0.707. The van der Waals surface area contributed by atoms with Gasteiger partial charge >= 0.3 is 0 Å². The first-order chi connectivity index (χ1) is 8.92. The molecule has 0 fully saturated rings. The average molecular weight is 245 g/mol. The summed E-state index contributed by atoms with van der Waals surface area (Å²) in [5.41, 5.74) is 0.960. The van der Waals surface area contributed by atoms with Crippen molar-refractivity contribution in [2.24, 2.45) is 0 Å². The van der Waals surface area contributed by atoms with E-state index < -0.39 is 0 Å². The maximum absolute atomic E-state index is 5.50. The molecule has 1 N–H and O–H groups in total. The first-order valence-electron chi connectivity index (χ1n) is 6.43. The Labute approximate surface area is 107 Å². The molecule has 2 aromatic rings. The lowest BCUT2D eigenvalue weighted by Gasteiger charge is -2.08. The summed E-state index contributed by atoms with van der Waals surface area (Å²) in [7, 11) is 0. The fourth-order valence-corrected chi connectivity index (χ4v) is 1.74. The van der Waals surface area contributed by atoms with Crippen molar-refractivity contribution in [1.29, 1.82) is 0 Å². The molecule has 0 amide bonds. The van der Waals surface area contributed by atoms with Crippen LogP contribution in [0.15, 0.2) is 30.6 Å². The molecule has 1 aromatic carbocycles. The first kappa shape index (κ1) is 12.8. The molecule has 0 saturated carbocycles. The van der Waals surface area contributed by atoms with Crippen molar-refractivity contribution in [2.75, 3.05) is 25.1 Å². The molecule has 4 heteroatoms. The molecule has 0 saturated heterocycles. The number of benzene rings is 1. The average Bonchev–Trinajstić information content (AvgIpc) is 2.43. The predicted molar refractivity (Wildman–Crippen MR) is 73.8 cm³/mol. The molecule has 18 heavy (non-hydrogen) atoms. The van der Waals surface area contributed by atoms with Gasteiger partial charge in [-0.2, -0.15) is 0 Å². The third-order valence-corrected chi connectivity index (χ3v) is 2.72. The van der Waals surface area contributed by atoms with Crippen LogP contribution in [0, 0.1) is 0 Å². The molecule has 2 rings (SSSR count). The third-order valence-electron chi connectivity index (χ3n) is 2.72.